The molecule has 2 heteroatoms. The van der Waals surface area contributed by atoms with E-state index in [2.05, 4.69) is 31.2 Å². The van der Waals surface area contributed by atoms with E-state index >= 15 is 0 Å². The van der Waals surface area contributed by atoms with Crippen LogP contribution in [-0.4, -0.2) is 13.2 Å². The highest BCUT2D eigenvalue weighted by Crippen LogP contribution is 2.11. The molecule has 0 fully saturated rings. The van der Waals surface area contributed by atoms with Gasteiger partial charge in [-0.1, -0.05) is 50.5 Å². The van der Waals surface area contributed by atoms with E-state index in [-0.39, 0.29) is 0 Å². The van der Waals surface area contributed by atoms with Gasteiger partial charge in [-0.2, -0.15) is 0 Å². The molecular weight excluding hydrogens is 210 g/mol. The fraction of sp³-hybridized carbons (Fsp3) is 0.600. The first-order chi connectivity index (χ1) is 8.38. The number of benzene rings is 1. The Morgan fingerprint density at radius 2 is 1.82 bits per heavy atom. The van der Waals surface area contributed by atoms with Crippen molar-refractivity contribution in [1.29, 1.82) is 0 Å². The Morgan fingerprint density at radius 3 is 2.53 bits per heavy atom. The maximum Gasteiger partial charge on any atom is 0.0719 e. The molecule has 0 radical (unpaired) electrons. The highest BCUT2D eigenvalue weighted by molar-refractivity contribution is 5.26. The van der Waals surface area contributed by atoms with Crippen LogP contribution in [0.2, 0.25) is 0 Å². The highest BCUT2D eigenvalue weighted by Gasteiger charge is 2.00. The molecule has 0 bridgehead atoms. The summed E-state index contributed by atoms with van der Waals surface area (Å²) in [6, 6.07) is 8.41. The minimum absolute atomic E-state index is 0.702. The van der Waals surface area contributed by atoms with E-state index in [4.69, 9.17) is 10.5 Å². The van der Waals surface area contributed by atoms with Crippen LogP contribution in [0.5, 0.6) is 0 Å². The predicted molar refractivity (Wildman–Crippen MR) is 73.0 cm³/mol. The Bertz CT molecular complexity index is 299. The number of ether oxygens (including phenoxy) is 1. The second-order valence-corrected chi connectivity index (χ2v) is 4.42. The molecule has 0 aliphatic heterocycles. The van der Waals surface area contributed by atoms with Crippen LogP contribution in [0.15, 0.2) is 24.3 Å². The van der Waals surface area contributed by atoms with Gasteiger partial charge in [-0.05, 0) is 30.5 Å². The third kappa shape index (κ3) is 5.85. The zero-order chi connectivity index (χ0) is 12.3. The molecule has 0 saturated heterocycles. The van der Waals surface area contributed by atoms with Crippen LogP contribution in [0.4, 0.5) is 0 Å². The molecule has 1 aromatic rings. The first kappa shape index (κ1) is 14.2. The lowest BCUT2D eigenvalue weighted by molar-refractivity contribution is 0.116. The smallest absolute Gasteiger partial charge is 0.0719 e. The van der Waals surface area contributed by atoms with Crippen LogP contribution in [0.3, 0.4) is 0 Å². The molecule has 0 spiro atoms. The van der Waals surface area contributed by atoms with E-state index in [0.717, 1.165) is 19.6 Å². The van der Waals surface area contributed by atoms with E-state index in [1.54, 1.807) is 0 Å². The summed E-state index contributed by atoms with van der Waals surface area (Å²) in [6.45, 7) is 4.52. The standard InChI is InChI=1S/C15H25NO/c1-2-3-4-7-12-17-13-15-9-6-5-8-14(15)10-11-16/h5-6,8-9H,2-4,7,10-13,16H2,1H3. The van der Waals surface area contributed by atoms with Crippen molar-refractivity contribution in [1.82, 2.24) is 0 Å². The summed E-state index contributed by atoms with van der Waals surface area (Å²) >= 11 is 0. The number of hydrogen-bond acceptors (Lipinski definition) is 2. The molecule has 17 heavy (non-hydrogen) atoms. The van der Waals surface area contributed by atoms with E-state index in [0.29, 0.717) is 6.54 Å². The number of rotatable bonds is 9. The summed E-state index contributed by atoms with van der Waals surface area (Å²) in [5.74, 6) is 0. The van der Waals surface area contributed by atoms with E-state index < -0.39 is 0 Å². The molecule has 1 rings (SSSR count). The third-order valence-electron chi connectivity index (χ3n) is 2.93. The van der Waals surface area contributed by atoms with Gasteiger partial charge in [0.25, 0.3) is 0 Å². The molecule has 2 N–H and O–H groups in total. The first-order valence-electron chi connectivity index (χ1n) is 6.73. The summed E-state index contributed by atoms with van der Waals surface area (Å²) in [5.41, 5.74) is 8.21. The van der Waals surface area contributed by atoms with Gasteiger partial charge in [0.1, 0.15) is 0 Å². The molecule has 0 atom stereocenters. The summed E-state index contributed by atoms with van der Waals surface area (Å²) in [6.07, 6.45) is 5.98. The molecule has 0 heterocycles. The van der Waals surface area contributed by atoms with Gasteiger partial charge in [0.2, 0.25) is 0 Å². The SMILES string of the molecule is CCCCCCOCc1ccccc1CCN. The fourth-order valence-electron chi connectivity index (χ4n) is 1.91. The van der Waals surface area contributed by atoms with Gasteiger partial charge < -0.3 is 10.5 Å². The first-order valence-corrected chi connectivity index (χ1v) is 6.73. The Balaban J connectivity index is 2.25. The van der Waals surface area contributed by atoms with Gasteiger partial charge in [0.15, 0.2) is 0 Å². The largest absolute Gasteiger partial charge is 0.377 e. The molecule has 0 amide bonds. The fourth-order valence-corrected chi connectivity index (χ4v) is 1.91. The predicted octanol–water partition coefficient (Wildman–Crippen LogP) is 3.28. The maximum absolute atomic E-state index is 5.71. The number of nitrogens with two attached hydrogens (primary N) is 1. The zero-order valence-corrected chi connectivity index (χ0v) is 11.0. The second kappa shape index (κ2) is 9.20. The van der Waals surface area contributed by atoms with Gasteiger partial charge in [-0.15, -0.1) is 0 Å². The molecule has 1 aromatic carbocycles. The number of unbranched alkanes of at least 4 members (excludes halogenated alkanes) is 3. The van der Waals surface area contributed by atoms with Crippen LogP contribution in [0.25, 0.3) is 0 Å². The Hall–Kier alpha value is -0.860. The van der Waals surface area contributed by atoms with E-state index in [9.17, 15) is 0 Å². The van der Waals surface area contributed by atoms with Gasteiger partial charge in [0.05, 0.1) is 6.61 Å². The molecule has 0 saturated carbocycles. The molecule has 0 aromatic heterocycles. The summed E-state index contributed by atoms with van der Waals surface area (Å²) in [5, 5.41) is 0. The van der Waals surface area contributed by atoms with Crippen molar-refractivity contribution in [3.8, 4) is 0 Å². The Kier molecular flexibility index (Phi) is 7.69. The topological polar surface area (TPSA) is 35.2 Å². The molecule has 96 valence electrons. The van der Waals surface area contributed by atoms with Gasteiger partial charge in [-0.25, -0.2) is 0 Å². The molecule has 0 aliphatic carbocycles. The monoisotopic (exact) mass is 235 g/mol. The van der Waals surface area contributed by atoms with Crippen molar-refractivity contribution < 1.29 is 4.74 Å². The lowest BCUT2D eigenvalue weighted by Crippen LogP contribution is -2.06. The van der Waals surface area contributed by atoms with Gasteiger partial charge in [-0.3, -0.25) is 0 Å². The van der Waals surface area contributed by atoms with Crippen molar-refractivity contribution in [2.45, 2.75) is 45.6 Å². The quantitative estimate of drug-likeness (QED) is 0.667. The normalized spacial score (nSPS) is 10.7. The van der Waals surface area contributed by atoms with Gasteiger partial charge in [0, 0.05) is 6.61 Å². The third-order valence-corrected chi connectivity index (χ3v) is 2.93. The molecular formula is C15H25NO. The molecule has 0 aliphatic rings. The second-order valence-electron chi connectivity index (χ2n) is 4.42. The zero-order valence-electron chi connectivity index (χ0n) is 11.0. The average molecular weight is 235 g/mol. The average Bonchev–Trinajstić information content (AvgIpc) is 2.36. The van der Waals surface area contributed by atoms with E-state index in [1.165, 1.54) is 36.8 Å². The maximum atomic E-state index is 5.71. The highest BCUT2D eigenvalue weighted by atomic mass is 16.5. The lowest BCUT2D eigenvalue weighted by atomic mass is 10.1. The summed E-state index contributed by atoms with van der Waals surface area (Å²) < 4.78 is 5.71. The minimum atomic E-state index is 0.702. The van der Waals surface area contributed by atoms with Crippen molar-refractivity contribution in [3.05, 3.63) is 35.4 Å². The number of hydrogen-bond donors (Lipinski definition) is 1. The van der Waals surface area contributed by atoms with Gasteiger partial charge >= 0.3 is 0 Å². The van der Waals surface area contributed by atoms with Crippen molar-refractivity contribution in [3.63, 3.8) is 0 Å². The molecule has 2 nitrogen and oxygen atoms in total. The van der Waals surface area contributed by atoms with Crippen molar-refractivity contribution in [2.75, 3.05) is 13.2 Å². The van der Waals surface area contributed by atoms with E-state index in [1.807, 2.05) is 0 Å². The van der Waals surface area contributed by atoms with Crippen LogP contribution < -0.4 is 5.73 Å². The summed E-state index contributed by atoms with van der Waals surface area (Å²) in [7, 11) is 0. The van der Waals surface area contributed by atoms with Crippen LogP contribution >= 0.6 is 0 Å². The minimum Gasteiger partial charge on any atom is -0.377 e. The Labute approximate surface area is 105 Å². The summed E-state index contributed by atoms with van der Waals surface area (Å²) in [4.78, 5) is 0. The van der Waals surface area contributed by atoms with Crippen LogP contribution in [0.1, 0.15) is 43.7 Å². The Morgan fingerprint density at radius 1 is 1.06 bits per heavy atom. The molecule has 0 unspecified atom stereocenters. The van der Waals surface area contributed by atoms with Crippen molar-refractivity contribution >= 4 is 0 Å². The van der Waals surface area contributed by atoms with Crippen molar-refractivity contribution in [2.24, 2.45) is 5.73 Å². The lowest BCUT2D eigenvalue weighted by Gasteiger charge is -2.09. The van der Waals surface area contributed by atoms with Crippen LogP contribution in [0, 0.1) is 0 Å². The van der Waals surface area contributed by atoms with Crippen LogP contribution in [-0.2, 0) is 17.8 Å².